The Bertz CT molecular complexity index is 460. The second-order valence-electron chi connectivity index (χ2n) is 4.98. The summed E-state index contributed by atoms with van der Waals surface area (Å²) in [6, 6.07) is 9.83. The molecule has 0 radical (unpaired) electrons. The minimum absolute atomic E-state index is 0.0608. The van der Waals surface area contributed by atoms with Crippen molar-refractivity contribution >= 4 is 23.3 Å². The van der Waals surface area contributed by atoms with Gasteiger partial charge in [-0.3, -0.25) is 9.69 Å². The van der Waals surface area contributed by atoms with E-state index in [1.165, 1.54) is 0 Å². The summed E-state index contributed by atoms with van der Waals surface area (Å²) in [6.45, 7) is 4.62. The van der Waals surface area contributed by atoms with Crippen molar-refractivity contribution in [3.63, 3.8) is 0 Å². The van der Waals surface area contributed by atoms with Crippen molar-refractivity contribution in [3.05, 3.63) is 35.9 Å². The minimum Gasteiger partial charge on any atom is -0.468 e. The number of hydrogen-bond donors (Lipinski definition) is 0. The van der Waals surface area contributed by atoms with Crippen molar-refractivity contribution in [1.29, 1.82) is 0 Å². The van der Waals surface area contributed by atoms with E-state index in [0.717, 1.165) is 12.0 Å². The number of ether oxygens (including phenoxy) is 1. The van der Waals surface area contributed by atoms with E-state index in [1.807, 2.05) is 30.3 Å². The lowest BCUT2D eigenvalue weighted by molar-refractivity contribution is -0.129. The normalized spacial score (nSPS) is 20.2. The molecule has 3 nitrogen and oxygen atoms in total. The highest BCUT2D eigenvalue weighted by atomic mass is 32.1. The molecular weight excluding hydrogens is 258 g/mol. The molecule has 1 aliphatic rings. The van der Waals surface area contributed by atoms with Gasteiger partial charge >= 0.3 is 0 Å². The largest absolute Gasteiger partial charge is 0.468 e. The van der Waals surface area contributed by atoms with Crippen LogP contribution in [0.4, 0.5) is 0 Å². The fourth-order valence-electron chi connectivity index (χ4n) is 2.16. The highest BCUT2D eigenvalue weighted by molar-refractivity contribution is 7.80. The first-order chi connectivity index (χ1) is 9.13. The summed E-state index contributed by atoms with van der Waals surface area (Å²) >= 11 is 5.17. The minimum atomic E-state index is -0.0785. The maximum absolute atomic E-state index is 12.4. The molecule has 1 saturated heterocycles. The van der Waals surface area contributed by atoms with E-state index in [-0.39, 0.29) is 11.9 Å². The van der Waals surface area contributed by atoms with Crippen LogP contribution in [0.25, 0.3) is 0 Å². The Balaban J connectivity index is 2.16. The fraction of sp³-hybridized carbons (Fsp3) is 0.467. The smallest absolute Gasteiger partial charge is 0.266 e. The molecule has 0 N–H and O–H groups in total. The van der Waals surface area contributed by atoms with Crippen LogP contribution in [-0.4, -0.2) is 22.6 Å². The van der Waals surface area contributed by atoms with Crippen LogP contribution in [0.3, 0.4) is 0 Å². The Labute approximate surface area is 119 Å². The van der Waals surface area contributed by atoms with Gasteiger partial charge in [-0.25, -0.2) is 0 Å². The number of rotatable bonds is 4. The van der Waals surface area contributed by atoms with Gasteiger partial charge in [0.1, 0.15) is 6.61 Å². The van der Waals surface area contributed by atoms with Gasteiger partial charge in [0.15, 0.2) is 0 Å². The average Bonchev–Trinajstić information content (AvgIpc) is 2.81. The monoisotopic (exact) mass is 277 g/mol. The van der Waals surface area contributed by atoms with Crippen molar-refractivity contribution in [2.45, 2.75) is 32.7 Å². The molecule has 1 amide bonds. The quantitative estimate of drug-likeness (QED) is 0.791. The van der Waals surface area contributed by atoms with E-state index in [4.69, 9.17) is 17.0 Å². The maximum atomic E-state index is 12.4. The summed E-state index contributed by atoms with van der Waals surface area (Å²) in [6.07, 6.45) is 1.51. The van der Waals surface area contributed by atoms with Gasteiger partial charge in [0.2, 0.25) is 5.91 Å². The summed E-state index contributed by atoms with van der Waals surface area (Å²) < 4.78 is 5.41. The number of amides is 1. The first-order valence-corrected chi connectivity index (χ1v) is 7.08. The topological polar surface area (TPSA) is 29.5 Å². The molecule has 0 bridgehead atoms. The van der Waals surface area contributed by atoms with E-state index in [9.17, 15) is 4.79 Å². The van der Waals surface area contributed by atoms with Crippen molar-refractivity contribution < 1.29 is 9.53 Å². The number of benzene rings is 1. The summed E-state index contributed by atoms with van der Waals surface area (Å²) in [5.41, 5.74) is 1.07. The Hall–Kier alpha value is -1.42. The van der Waals surface area contributed by atoms with Crippen LogP contribution < -0.4 is 0 Å². The fourth-order valence-corrected chi connectivity index (χ4v) is 2.46. The molecule has 19 heavy (non-hydrogen) atoms. The SMILES string of the molecule is CC[C@H](C)CC(=O)N1C(=S)OC[C@H]1c1ccccc1. The zero-order valence-electron chi connectivity index (χ0n) is 11.3. The molecule has 0 spiro atoms. The number of carbonyl (C=O) groups is 1. The zero-order chi connectivity index (χ0) is 13.8. The molecule has 4 heteroatoms. The number of nitrogens with zero attached hydrogens (tertiary/aromatic N) is 1. The van der Waals surface area contributed by atoms with Crippen LogP contribution in [0.2, 0.25) is 0 Å². The molecule has 1 aliphatic heterocycles. The van der Waals surface area contributed by atoms with Crippen molar-refractivity contribution in [3.8, 4) is 0 Å². The van der Waals surface area contributed by atoms with Crippen LogP contribution in [0.1, 0.15) is 38.3 Å². The second-order valence-corrected chi connectivity index (χ2v) is 5.33. The summed E-state index contributed by atoms with van der Waals surface area (Å²) in [5, 5.41) is 0.308. The molecule has 0 aliphatic carbocycles. The Morgan fingerprint density at radius 1 is 1.47 bits per heavy atom. The molecule has 0 aromatic heterocycles. The lowest BCUT2D eigenvalue weighted by Crippen LogP contribution is -2.34. The van der Waals surface area contributed by atoms with Gasteiger partial charge in [-0.15, -0.1) is 0 Å². The first-order valence-electron chi connectivity index (χ1n) is 6.67. The third-order valence-electron chi connectivity index (χ3n) is 3.55. The molecule has 2 rings (SSSR count). The van der Waals surface area contributed by atoms with Gasteiger partial charge in [-0.05, 0) is 23.7 Å². The van der Waals surface area contributed by atoms with Gasteiger partial charge < -0.3 is 4.74 Å². The van der Waals surface area contributed by atoms with Crippen molar-refractivity contribution in [2.24, 2.45) is 5.92 Å². The van der Waals surface area contributed by atoms with Gasteiger partial charge in [-0.2, -0.15) is 0 Å². The van der Waals surface area contributed by atoms with Crippen LogP contribution in [-0.2, 0) is 9.53 Å². The zero-order valence-corrected chi connectivity index (χ0v) is 12.2. The van der Waals surface area contributed by atoms with E-state index >= 15 is 0 Å². The summed E-state index contributed by atoms with van der Waals surface area (Å²) in [5.74, 6) is 0.429. The highest BCUT2D eigenvalue weighted by Crippen LogP contribution is 2.29. The number of hydrogen-bond acceptors (Lipinski definition) is 3. The molecule has 2 atom stereocenters. The van der Waals surface area contributed by atoms with Crippen LogP contribution in [0, 0.1) is 5.92 Å². The van der Waals surface area contributed by atoms with Gasteiger partial charge in [-0.1, -0.05) is 50.6 Å². The van der Waals surface area contributed by atoms with E-state index in [2.05, 4.69) is 13.8 Å². The van der Waals surface area contributed by atoms with Crippen molar-refractivity contribution in [2.75, 3.05) is 6.61 Å². The third-order valence-corrected chi connectivity index (χ3v) is 3.86. The molecule has 1 heterocycles. The third kappa shape index (κ3) is 3.13. The predicted octanol–water partition coefficient (Wildman–Crippen LogP) is 3.31. The number of thiocarbonyl (C=S) groups is 1. The molecule has 1 fully saturated rings. The molecule has 0 unspecified atom stereocenters. The van der Waals surface area contributed by atoms with Gasteiger partial charge in [0.25, 0.3) is 5.17 Å². The van der Waals surface area contributed by atoms with Gasteiger partial charge in [0, 0.05) is 6.42 Å². The second kappa shape index (κ2) is 6.15. The van der Waals surface area contributed by atoms with E-state index < -0.39 is 0 Å². The molecule has 0 saturated carbocycles. The van der Waals surface area contributed by atoms with E-state index in [1.54, 1.807) is 4.90 Å². The molecule has 1 aromatic rings. The average molecular weight is 277 g/mol. The summed E-state index contributed by atoms with van der Waals surface area (Å²) in [4.78, 5) is 14.0. The molecule has 1 aromatic carbocycles. The Kier molecular flexibility index (Phi) is 4.53. The lowest BCUT2D eigenvalue weighted by Gasteiger charge is -2.22. The van der Waals surface area contributed by atoms with Crippen LogP contribution >= 0.6 is 12.2 Å². The lowest BCUT2D eigenvalue weighted by atomic mass is 10.0. The van der Waals surface area contributed by atoms with E-state index in [0.29, 0.717) is 24.1 Å². The maximum Gasteiger partial charge on any atom is 0.266 e. The number of carbonyl (C=O) groups excluding carboxylic acids is 1. The Morgan fingerprint density at radius 2 is 2.16 bits per heavy atom. The molecule has 102 valence electrons. The van der Waals surface area contributed by atoms with Gasteiger partial charge in [0.05, 0.1) is 6.04 Å². The first kappa shape index (κ1) is 14.0. The Morgan fingerprint density at radius 3 is 2.79 bits per heavy atom. The van der Waals surface area contributed by atoms with Crippen LogP contribution in [0.5, 0.6) is 0 Å². The predicted molar refractivity (Wildman–Crippen MR) is 78.7 cm³/mol. The van der Waals surface area contributed by atoms with Crippen molar-refractivity contribution in [1.82, 2.24) is 4.90 Å². The standard InChI is InChI=1S/C15H19NO2S/c1-3-11(2)9-14(17)16-13(10-18-15(16)19)12-7-5-4-6-8-12/h4-8,11,13H,3,9-10H2,1-2H3/t11-,13-/m0/s1. The summed E-state index contributed by atoms with van der Waals surface area (Å²) in [7, 11) is 0. The highest BCUT2D eigenvalue weighted by Gasteiger charge is 2.36. The molecular formula is C15H19NO2S. The van der Waals surface area contributed by atoms with Crippen LogP contribution in [0.15, 0.2) is 30.3 Å².